The summed E-state index contributed by atoms with van der Waals surface area (Å²) in [6.07, 6.45) is 5.02. The molecule has 0 fully saturated rings. The molecule has 2 rings (SSSR count). The van der Waals surface area contributed by atoms with Gasteiger partial charge in [0.15, 0.2) is 0 Å². The van der Waals surface area contributed by atoms with Crippen LogP contribution in [-0.4, -0.2) is 0 Å². The van der Waals surface area contributed by atoms with Crippen LogP contribution in [0.25, 0.3) is 0 Å². The Morgan fingerprint density at radius 1 is 1.36 bits per heavy atom. The minimum atomic E-state index is 0.932. The highest BCUT2D eigenvalue weighted by atomic mass is 14.9. The van der Waals surface area contributed by atoms with Gasteiger partial charge in [-0.3, -0.25) is 0 Å². The van der Waals surface area contributed by atoms with Crippen LogP contribution < -0.4 is 5.32 Å². The molecule has 1 nitrogen and oxygen atoms in total. The average Bonchev–Trinajstić information content (AvgIpc) is 2.17. The van der Waals surface area contributed by atoms with Gasteiger partial charge in [-0.2, -0.15) is 0 Å². The number of hydrogen-bond donors (Lipinski definition) is 1. The summed E-state index contributed by atoms with van der Waals surface area (Å²) in [6, 6.07) is 6.57. The molecule has 1 aromatic rings. The Bertz CT molecular complexity index is 377. The molecule has 0 radical (unpaired) electrons. The lowest BCUT2D eigenvalue weighted by Crippen LogP contribution is -2.09. The van der Waals surface area contributed by atoms with Crippen LogP contribution in [0.4, 0.5) is 5.69 Å². The number of hydrogen-bond acceptors (Lipinski definition) is 1. The van der Waals surface area contributed by atoms with E-state index in [1.165, 1.54) is 16.8 Å². The monoisotopic (exact) mass is 185 g/mol. The first kappa shape index (κ1) is 9.07. The fourth-order valence-electron chi connectivity index (χ4n) is 1.79. The van der Waals surface area contributed by atoms with Gasteiger partial charge in [0.25, 0.3) is 0 Å². The molecule has 1 heteroatoms. The number of rotatable bonds is 2. The second-order valence-electron chi connectivity index (χ2n) is 3.71. The molecule has 0 unspecified atom stereocenters. The van der Waals surface area contributed by atoms with Crippen molar-refractivity contribution in [2.24, 2.45) is 0 Å². The highest BCUT2D eigenvalue weighted by Crippen LogP contribution is 2.26. The molecule has 72 valence electrons. The van der Waals surface area contributed by atoms with Crippen LogP contribution in [0.2, 0.25) is 0 Å². The maximum Gasteiger partial charge on any atom is 0.0417 e. The SMILES string of the molecule is C=CCc1ccc2c(c1)NC(=C)CC2. The fraction of sp³-hybridized carbons (Fsp3) is 0.231. The average molecular weight is 185 g/mol. The molecule has 1 aliphatic heterocycles. The van der Waals surface area contributed by atoms with Crippen molar-refractivity contribution in [3.63, 3.8) is 0 Å². The third kappa shape index (κ3) is 1.72. The summed E-state index contributed by atoms with van der Waals surface area (Å²) in [7, 11) is 0. The van der Waals surface area contributed by atoms with Crippen molar-refractivity contribution in [2.45, 2.75) is 19.3 Å². The van der Waals surface area contributed by atoms with Crippen LogP contribution in [0.1, 0.15) is 17.5 Å². The van der Waals surface area contributed by atoms with Crippen LogP contribution in [0.15, 0.2) is 43.1 Å². The minimum Gasteiger partial charge on any atom is -0.359 e. The number of nitrogens with one attached hydrogen (secondary N) is 1. The molecule has 0 spiro atoms. The molecule has 1 heterocycles. The molecule has 0 saturated heterocycles. The van der Waals surface area contributed by atoms with Gasteiger partial charge in [-0.25, -0.2) is 0 Å². The van der Waals surface area contributed by atoms with E-state index in [2.05, 4.69) is 36.7 Å². The zero-order chi connectivity index (χ0) is 9.97. The lowest BCUT2D eigenvalue weighted by atomic mass is 9.99. The third-order valence-corrected chi connectivity index (χ3v) is 2.56. The number of fused-ring (bicyclic) bond motifs is 1. The van der Waals surface area contributed by atoms with Gasteiger partial charge < -0.3 is 5.32 Å². The normalized spacial score (nSPS) is 14.4. The van der Waals surface area contributed by atoms with E-state index >= 15 is 0 Å². The van der Waals surface area contributed by atoms with Crippen molar-refractivity contribution in [1.82, 2.24) is 0 Å². The van der Waals surface area contributed by atoms with E-state index in [-0.39, 0.29) is 0 Å². The summed E-state index contributed by atoms with van der Waals surface area (Å²) in [5.74, 6) is 0. The molecular weight excluding hydrogens is 170 g/mol. The summed E-state index contributed by atoms with van der Waals surface area (Å²) in [5.41, 5.74) is 5.04. The molecule has 0 amide bonds. The summed E-state index contributed by atoms with van der Waals surface area (Å²) < 4.78 is 0. The van der Waals surface area contributed by atoms with Gasteiger partial charge in [0, 0.05) is 11.4 Å². The molecule has 0 atom stereocenters. The quantitative estimate of drug-likeness (QED) is 0.697. The van der Waals surface area contributed by atoms with Crippen LogP contribution >= 0.6 is 0 Å². The topological polar surface area (TPSA) is 12.0 Å². The predicted molar refractivity (Wildman–Crippen MR) is 61.4 cm³/mol. The number of benzene rings is 1. The Balaban J connectivity index is 2.32. The Labute approximate surface area is 85.2 Å². The molecule has 14 heavy (non-hydrogen) atoms. The van der Waals surface area contributed by atoms with Crippen molar-refractivity contribution in [3.8, 4) is 0 Å². The van der Waals surface area contributed by atoms with E-state index < -0.39 is 0 Å². The molecule has 0 aliphatic carbocycles. The van der Waals surface area contributed by atoms with Crippen LogP contribution in [0.5, 0.6) is 0 Å². The van der Waals surface area contributed by atoms with Crippen molar-refractivity contribution < 1.29 is 0 Å². The molecule has 0 bridgehead atoms. The van der Waals surface area contributed by atoms with Crippen LogP contribution in [0.3, 0.4) is 0 Å². The van der Waals surface area contributed by atoms with E-state index in [4.69, 9.17) is 0 Å². The van der Waals surface area contributed by atoms with Crippen molar-refractivity contribution in [2.75, 3.05) is 5.32 Å². The standard InChI is InChI=1S/C13H15N/c1-3-4-11-6-8-12-7-5-10(2)14-13(12)9-11/h3,6,8-9,14H,1-2,4-5,7H2. The van der Waals surface area contributed by atoms with Crippen LogP contribution in [0, 0.1) is 0 Å². The summed E-state index contributed by atoms with van der Waals surface area (Å²) in [4.78, 5) is 0. The zero-order valence-electron chi connectivity index (χ0n) is 8.34. The highest BCUT2D eigenvalue weighted by Gasteiger charge is 2.10. The smallest absolute Gasteiger partial charge is 0.0417 e. The van der Waals surface area contributed by atoms with E-state index in [0.717, 1.165) is 25.0 Å². The molecule has 0 saturated carbocycles. The van der Waals surface area contributed by atoms with Gasteiger partial charge >= 0.3 is 0 Å². The van der Waals surface area contributed by atoms with Crippen molar-refractivity contribution in [3.05, 3.63) is 54.3 Å². The Hall–Kier alpha value is -1.50. The summed E-state index contributed by atoms with van der Waals surface area (Å²) in [5, 5.41) is 3.33. The highest BCUT2D eigenvalue weighted by molar-refractivity contribution is 5.59. The maximum absolute atomic E-state index is 3.96. The summed E-state index contributed by atoms with van der Waals surface area (Å²) in [6.45, 7) is 7.70. The largest absolute Gasteiger partial charge is 0.359 e. The molecule has 1 N–H and O–H groups in total. The van der Waals surface area contributed by atoms with Crippen molar-refractivity contribution >= 4 is 5.69 Å². The number of aryl methyl sites for hydroxylation is 1. The van der Waals surface area contributed by atoms with Crippen molar-refractivity contribution in [1.29, 1.82) is 0 Å². The zero-order valence-corrected chi connectivity index (χ0v) is 8.34. The van der Waals surface area contributed by atoms with Gasteiger partial charge in [-0.05, 0) is 36.5 Å². The molecule has 1 aliphatic rings. The molecular formula is C13H15N. The van der Waals surface area contributed by atoms with Gasteiger partial charge in [-0.15, -0.1) is 6.58 Å². The first-order valence-electron chi connectivity index (χ1n) is 4.97. The van der Waals surface area contributed by atoms with Gasteiger partial charge in [0.1, 0.15) is 0 Å². The van der Waals surface area contributed by atoms with Crippen LogP contribution in [-0.2, 0) is 12.8 Å². The van der Waals surface area contributed by atoms with E-state index in [1.807, 2.05) is 6.08 Å². The molecule has 0 aromatic heterocycles. The fourth-order valence-corrected chi connectivity index (χ4v) is 1.79. The summed E-state index contributed by atoms with van der Waals surface area (Å²) >= 11 is 0. The second-order valence-corrected chi connectivity index (χ2v) is 3.71. The third-order valence-electron chi connectivity index (χ3n) is 2.56. The van der Waals surface area contributed by atoms with E-state index in [9.17, 15) is 0 Å². The number of allylic oxidation sites excluding steroid dienone is 2. The Kier molecular flexibility index (Phi) is 2.40. The van der Waals surface area contributed by atoms with E-state index in [0.29, 0.717) is 0 Å². The first-order valence-corrected chi connectivity index (χ1v) is 4.97. The second kappa shape index (κ2) is 3.70. The Morgan fingerprint density at radius 3 is 3.00 bits per heavy atom. The number of anilines is 1. The van der Waals surface area contributed by atoms with E-state index in [1.54, 1.807) is 0 Å². The lowest BCUT2D eigenvalue weighted by molar-refractivity contribution is 0.916. The van der Waals surface area contributed by atoms with Gasteiger partial charge in [0.2, 0.25) is 0 Å². The lowest BCUT2D eigenvalue weighted by Gasteiger charge is -2.20. The predicted octanol–water partition coefficient (Wildman–Crippen LogP) is 3.29. The first-order chi connectivity index (χ1) is 6.79. The maximum atomic E-state index is 3.96. The Morgan fingerprint density at radius 2 is 2.21 bits per heavy atom. The van der Waals surface area contributed by atoms with Gasteiger partial charge in [0.05, 0.1) is 0 Å². The molecule has 1 aromatic carbocycles. The van der Waals surface area contributed by atoms with Gasteiger partial charge in [-0.1, -0.05) is 24.8 Å². The minimum absolute atomic E-state index is 0.932.